The molecule has 1 unspecified atom stereocenters. The van der Waals surface area contributed by atoms with Gasteiger partial charge in [0.05, 0.1) is 18.6 Å². The van der Waals surface area contributed by atoms with Gasteiger partial charge in [-0.3, -0.25) is 14.4 Å². The van der Waals surface area contributed by atoms with Crippen LogP contribution in [-0.4, -0.2) is 43.0 Å². The number of pyridine rings is 1. The van der Waals surface area contributed by atoms with Crippen LogP contribution in [0, 0.1) is 5.92 Å². The maximum absolute atomic E-state index is 13.2. The number of nitrogens with one attached hydrogen (secondary N) is 1. The van der Waals surface area contributed by atoms with Crippen molar-refractivity contribution < 1.29 is 23.9 Å². The van der Waals surface area contributed by atoms with Crippen molar-refractivity contribution in [3.05, 3.63) is 84.1 Å². The van der Waals surface area contributed by atoms with Gasteiger partial charge in [0.2, 0.25) is 12.0 Å². The van der Waals surface area contributed by atoms with Crippen LogP contribution in [0.5, 0.6) is 5.75 Å². The minimum atomic E-state index is -1.09. The molecule has 1 fully saturated rings. The molecule has 9 nitrogen and oxygen atoms in total. The molecule has 0 saturated carbocycles. The number of methoxy groups -OCH3 is 1. The fraction of sp³-hybridized carbons (Fsp3) is 0.259. The summed E-state index contributed by atoms with van der Waals surface area (Å²) in [5.41, 5.74) is 6.75. The largest absolute Gasteiger partial charge is 0.497 e. The van der Waals surface area contributed by atoms with E-state index in [2.05, 4.69) is 10.3 Å². The van der Waals surface area contributed by atoms with E-state index < -0.39 is 23.9 Å². The molecular weight excluding hydrogens is 460 g/mol. The van der Waals surface area contributed by atoms with Gasteiger partial charge in [-0.05, 0) is 37.1 Å². The third kappa shape index (κ3) is 5.99. The molecule has 0 radical (unpaired) electrons. The van der Waals surface area contributed by atoms with Crippen molar-refractivity contribution in [3.8, 4) is 5.75 Å². The molecule has 0 aliphatic carbocycles. The number of hydrogen-bond donors (Lipinski definition) is 2. The third-order valence-electron chi connectivity index (χ3n) is 6.10. The third-order valence-corrected chi connectivity index (χ3v) is 6.10. The number of anilines is 2. The quantitative estimate of drug-likeness (QED) is 0.466. The number of piperidine rings is 1. The van der Waals surface area contributed by atoms with E-state index in [9.17, 15) is 14.4 Å². The molecule has 3 aromatic rings. The number of hydrogen-bond acceptors (Lipinski definition) is 7. The van der Waals surface area contributed by atoms with Crippen molar-refractivity contribution >= 4 is 29.3 Å². The summed E-state index contributed by atoms with van der Waals surface area (Å²) in [5, 5.41) is 2.82. The first kappa shape index (κ1) is 24.7. The van der Waals surface area contributed by atoms with Crippen LogP contribution < -0.4 is 20.7 Å². The predicted octanol–water partition coefficient (Wildman–Crippen LogP) is 3.33. The lowest BCUT2D eigenvalue weighted by molar-refractivity contribution is -0.159. The zero-order valence-electron chi connectivity index (χ0n) is 19.9. The minimum absolute atomic E-state index is 0.344. The van der Waals surface area contributed by atoms with Crippen molar-refractivity contribution in [2.75, 3.05) is 30.4 Å². The molecule has 1 aliphatic heterocycles. The van der Waals surface area contributed by atoms with E-state index in [1.165, 1.54) is 6.20 Å². The smallest absolute Gasteiger partial charge is 0.310 e. The highest BCUT2D eigenvalue weighted by Gasteiger charge is 2.32. The van der Waals surface area contributed by atoms with Gasteiger partial charge in [-0.25, -0.2) is 4.98 Å². The van der Waals surface area contributed by atoms with Gasteiger partial charge in [-0.1, -0.05) is 36.4 Å². The van der Waals surface area contributed by atoms with Gasteiger partial charge < -0.3 is 25.4 Å². The lowest BCUT2D eigenvalue weighted by Crippen LogP contribution is -2.38. The lowest BCUT2D eigenvalue weighted by Gasteiger charge is -2.32. The first-order valence-electron chi connectivity index (χ1n) is 11.7. The fourth-order valence-electron chi connectivity index (χ4n) is 4.08. The van der Waals surface area contributed by atoms with Crippen LogP contribution in [0.2, 0.25) is 0 Å². The van der Waals surface area contributed by atoms with E-state index in [0.717, 1.165) is 0 Å². The van der Waals surface area contributed by atoms with Crippen molar-refractivity contribution in [3.63, 3.8) is 0 Å². The van der Waals surface area contributed by atoms with Crippen LogP contribution >= 0.6 is 0 Å². The van der Waals surface area contributed by atoms with Crippen LogP contribution in [0.1, 0.15) is 34.9 Å². The first-order valence-corrected chi connectivity index (χ1v) is 11.7. The van der Waals surface area contributed by atoms with Crippen LogP contribution in [-0.2, 0) is 14.3 Å². The summed E-state index contributed by atoms with van der Waals surface area (Å²) in [4.78, 5) is 43.9. The Morgan fingerprint density at radius 2 is 1.78 bits per heavy atom. The Bertz CT molecular complexity index is 1210. The van der Waals surface area contributed by atoms with Crippen LogP contribution in [0.15, 0.2) is 72.9 Å². The summed E-state index contributed by atoms with van der Waals surface area (Å²) < 4.78 is 11.0. The molecule has 2 heterocycles. The van der Waals surface area contributed by atoms with Gasteiger partial charge in [0.25, 0.3) is 5.91 Å². The monoisotopic (exact) mass is 488 g/mol. The van der Waals surface area contributed by atoms with Gasteiger partial charge in [-0.15, -0.1) is 0 Å². The van der Waals surface area contributed by atoms with E-state index in [4.69, 9.17) is 15.2 Å². The molecule has 186 valence electrons. The Morgan fingerprint density at radius 3 is 2.42 bits per heavy atom. The second-order valence-electron chi connectivity index (χ2n) is 8.48. The zero-order chi connectivity index (χ0) is 25.5. The number of rotatable bonds is 8. The number of esters is 1. The molecule has 1 aromatic heterocycles. The van der Waals surface area contributed by atoms with E-state index in [0.29, 0.717) is 54.3 Å². The average molecular weight is 489 g/mol. The van der Waals surface area contributed by atoms with Crippen molar-refractivity contribution in [1.29, 1.82) is 0 Å². The number of carbonyl (C=O) groups excluding carboxylic acids is 3. The number of primary amides is 1. The molecule has 3 N–H and O–H groups in total. The molecule has 1 saturated heterocycles. The molecule has 0 spiro atoms. The van der Waals surface area contributed by atoms with Crippen LogP contribution in [0.4, 0.5) is 11.5 Å². The highest BCUT2D eigenvalue weighted by molar-refractivity contribution is 5.96. The Morgan fingerprint density at radius 1 is 1.03 bits per heavy atom. The maximum atomic E-state index is 13.2. The number of nitrogens with zero attached hydrogens (tertiary/aromatic N) is 2. The zero-order valence-corrected chi connectivity index (χ0v) is 19.9. The molecule has 2 amide bonds. The molecule has 1 aliphatic rings. The van der Waals surface area contributed by atoms with Crippen LogP contribution in [0.25, 0.3) is 0 Å². The molecule has 9 heteroatoms. The SMILES string of the molecule is COc1cccc(NC(=O)C(OC(=O)C2CCN(c3ccc(C(N)=O)cn3)CC2)c2ccccc2)c1. The number of amides is 2. The highest BCUT2D eigenvalue weighted by atomic mass is 16.5. The van der Waals surface area contributed by atoms with E-state index >= 15 is 0 Å². The maximum Gasteiger partial charge on any atom is 0.310 e. The second-order valence-corrected chi connectivity index (χ2v) is 8.48. The Labute approximate surface area is 209 Å². The number of benzene rings is 2. The highest BCUT2D eigenvalue weighted by Crippen LogP contribution is 2.27. The van der Waals surface area contributed by atoms with E-state index in [-0.39, 0.29) is 5.92 Å². The number of nitrogens with two attached hydrogens (primary N) is 1. The first-order chi connectivity index (χ1) is 17.4. The van der Waals surface area contributed by atoms with E-state index in [1.54, 1.807) is 67.8 Å². The van der Waals surface area contributed by atoms with Gasteiger partial charge in [0, 0.05) is 36.6 Å². The standard InChI is InChI=1S/C27H28N4O5/c1-35-22-9-5-8-21(16-22)30-26(33)24(18-6-3-2-4-7-18)36-27(34)19-12-14-31(15-13-19)23-11-10-20(17-29-23)25(28)32/h2-11,16-17,19,24H,12-15H2,1H3,(H2,28,32)(H,30,33). The minimum Gasteiger partial charge on any atom is -0.497 e. The fourth-order valence-corrected chi connectivity index (χ4v) is 4.08. The van der Waals surface area contributed by atoms with Crippen molar-refractivity contribution in [1.82, 2.24) is 4.98 Å². The summed E-state index contributed by atoms with van der Waals surface area (Å²) in [5.74, 6) is -0.417. The second kappa shape index (κ2) is 11.4. The average Bonchev–Trinajstić information content (AvgIpc) is 2.92. The molecular formula is C27H28N4O5. The lowest BCUT2D eigenvalue weighted by atomic mass is 9.96. The summed E-state index contributed by atoms with van der Waals surface area (Å²) in [6.45, 7) is 1.18. The normalized spacial score (nSPS) is 14.5. The Hall–Kier alpha value is -4.40. The summed E-state index contributed by atoms with van der Waals surface area (Å²) in [6.07, 6.45) is 1.46. The topological polar surface area (TPSA) is 124 Å². The van der Waals surface area contributed by atoms with Crippen LogP contribution in [0.3, 0.4) is 0 Å². The summed E-state index contributed by atoms with van der Waals surface area (Å²) in [6, 6.07) is 19.3. The Kier molecular flexibility index (Phi) is 7.79. The molecule has 1 atom stereocenters. The molecule has 36 heavy (non-hydrogen) atoms. The van der Waals surface area contributed by atoms with Crippen molar-refractivity contribution in [2.45, 2.75) is 18.9 Å². The van der Waals surface area contributed by atoms with Gasteiger partial charge in [0.15, 0.2) is 0 Å². The van der Waals surface area contributed by atoms with Gasteiger partial charge in [0.1, 0.15) is 11.6 Å². The Balaban J connectivity index is 1.41. The van der Waals surface area contributed by atoms with Crippen molar-refractivity contribution in [2.24, 2.45) is 11.7 Å². The molecule has 0 bridgehead atoms. The van der Waals surface area contributed by atoms with Gasteiger partial charge in [-0.2, -0.15) is 0 Å². The molecule has 4 rings (SSSR count). The number of aromatic nitrogens is 1. The van der Waals surface area contributed by atoms with Gasteiger partial charge >= 0.3 is 5.97 Å². The number of ether oxygens (including phenoxy) is 2. The van der Waals surface area contributed by atoms with E-state index in [1.807, 2.05) is 11.0 Å². The predicted molar refractivity (Wildman–Crippen MR) is 135 cm³/mol. The molecule has 2 aromatic carbocycles. The summed E-state index contributed by atoms with van der Waals surface area (Å²) >= 11 is 0. The summed E-state index contributed by atoms with van der Waals surface area (Å²) in [7, 11) is 1.55. The number of carbonyl (C=O) groups is 3.